The molecular weight excluding hydrogens is 380 g/mol. The molecule has 1 amide bonds. The van der Waals surface area contributed by atoms with Gasteiger partial charge < -0.3 is 9.47 Å². The van der Waals surface area contributed by atoms with Crippen LogP contribution in [-0.2, 0) is 11.2 Å². The van der Waals surface area contributed by atoms with Gasteiger partial charge in [0.1, 0.15) is 5.75 Å². The van der Waals surface area contributed by atoms with Crippen molar-refractivity contribution in [3.8, 4) is 5.75 Å². The predicted molar refractivity (Wildman–Crippen MR) is 118 cm³/mol. The highest BCUT2D eigenvalue weighted by Crippen LogP contribution is 2.31. The molecule has 158 valence electrons. The summed E-state index contributed by atoms with van der Waals surface area (Å²) in [6.07, 6.45) is 1.28. The van der Waals surface area contributed by atoms with Gasteiger partial charge in [-0.15, -0.1) is 0 Å². The number of amides is 1. The Morgan fingerprint density at radius 3 is 2.53 bits per heavy atom. The second-order valence-corrected chi connectivity index (χ2v) is 8.01. The van der Waals surface area contributed by atoms with Crippen molar-refractivity contribution in [1.29, 1.82) is 0 Å². The SMILES string of the molecule is CCCOC(=O)Nc1ccc(C(=O)CC2=NC(C)(C)Cc3ccc(OC)cc32)cc1. The maximum Gasteiger partial charge on any atom is 0.411 e. The lowest BCUT2D eigenvalue weighted by molar-refractivity contribution is 0.100. The summed E-state index contributed by atoms with van der Waals surface area (Å²) in [6, 6.07) is 12.8. The highest BCUT2D eigenvalue weighted by molar-refractivity contribution is 6.17. The summed E-state index contributed by atoms with van der Waals surface area (Å²) in [5, 5.41) is 2.65. The largest absolute Gasteiger partial charge is 0.497 e. The number of benzene rings is 2. The maximum atomic E-state index is 12.9. The number of nitrogens with zero attached hydrogens (tertiary/aromatic N) is 1. The molecule has 0 bridgehead atoms. The highest BCUT2D eigenvalue weighted by Gasteiger charge is 2.28. The van der Waals surface area contributed by atoms with Gasteiger partial charge in [0.15, 0.2) is 5.78 Å². The predicted octanol–water partition coefficient (Wildman–Crippen LogP) is 5.05. The number of fused-ring (bicyclic) bond motifs is 1. The molecule has 6 heteroatoms. The summed E-state index contributed by atoms with van der Waals surface area (Å²) in [4.78, 5) is 29.4. The van der Waals surface area contributed by atoms with Gasteiger partial charge in [-0.05, 0) is 68.7 Å². The molecule has 2 aromatic rings. The van der Waals surface area contributed by atoms with Gasteiger partial charge in [-0.3, -0.25) is 15.1 Å². The fourth-order valence-electron chi connectivity index (χ4n) is 3.51. The fourth-order valence-corrected chi connectivity index (χ4v) is 3.51. The van der Waals surface area contributed by atoms with Crippen molar-refractivity contribution >= 4 is 23.3 Å². The number of hydrogen-bond acceptors (Lipinski definition) is 5. The topological polar surface area (TPSA) is 77.0 Å². The molecule has 3 rings (SSSR count). The first-order chi connectivity index (χ1) is 14.3. The lowest BCUT2D eigenvalue weighted by atomic mass is 9.85. The van der Waals surface area contributed by atoms with Crippen LogP contribution in [0, 0.1) is 0 Å². The van der Waals surface area contributed by atoms with Crippen LogP contribution < -0.4 is 10.1 Å². The Labute approximate surface area is 177 Å². The van der Waals surface area contributed by atoms with E-state index in [1.54, 1.807) is 31.4 Å². The van der Waals surface area contributed by atoms with Gasteiger partial charge in [-0.2, -0.15) is 0 Å². The van der Waals surface area contributed by atoms with Gasteiger partial charge in [0.05, 0.1) is 31.4 Å². The van der Waals surface area contributed by atoms with E-state index in [1.807, 2.05) is 25.1 Å². The van der Waals surface area contributed by atoms with Gasteiger partial charge >= 0.3 is 6.09 Å². The summed E-state index contributed by atoms with van der Waals surface area (Å²) >= 11 is 0. The molecule has 0 aromatic heterocycles. The van der Waals surface area contributed by atoms with E-state index in [4.69, 9.17) is 14.5 Å². The Morgan fingerprint density at radius 1 is 1.13 bits per heavy atom. The number of methoxy groups -OCH3 is 1. The number of ether oxygens (including phenoxy) is 2. The van der Waals surface area contributed by atoms with Crippen molar-refractivity contribution in [3.63, 3.8) is 0 Å². The van der Waals surface area contributed by atoms with Gasteiger partial charge in [-0.25, -0.2) is 4.79 Å². The first kappa shape index (κ1) is 21.6. The van der Waals surface area contributed by atoms with Crippen LogP contribution in [-0.4, -0.2) is 36.8 Å². The zero-order valence-electron chi connectivity index (χ0n) is 18.0. The minimum atomic E-state index is -0.500. The summed E-state index contributed by atoms with van der Waals surface area (Å²) in [7, 11) is 1.63. The normalized spacial score (nSPS) is 14.3. The van der Waals surface area contributed by atoms with Crippen LogP contribution in [0.4, 0.5) is 10.5 Å². The van der Waals surface area contributed by atoms with Crippen LogP contribution in [0.5, 0.6) is 5.75 Å². The average Bonchev–Trinajstić information content (AvgIpc) is 2.71. The minimum absolute atomic E-state index is 0.0275. The van der Waals surface area contributed by atoms with Crippen LogP contribution in [0.2, 0.25) is 0 Å². The Morgan fingerprint density at radius 2 is 1.87 bits per heavy atom. The lowest BCUT2D eigenvalue weighted by Gasteiger charge is -2.29. The average molecular weight is 408 g/mol. The van der Waals surface area contributed by atoms with Crippen molar-refractivity contribution in [3.05, 3.63) is 59.2 Å². The molecule has 1 aliphatic rings. The number of carbonyl (C=O) groups excluding carboxylic acids is 2. The third-order valence-corrected chi connectivity index (χ3v) is 4.91. The Kier molecular flexibility index (Phi) is 6.55. The third-order valence-electron chi connectivity index (χ3n) is 4.91. The van der Waals surface area contributed by atoms with Crippen molar-refractivity contribution in [2.45, 2.75) is 45.6 Å². The minimum Gasteiger partial charge on any atom is -0.497 e. The van der Waals surface area contributed by atoms with Gasteiger partial charge in [0.2, 0.25) is 0 Å². The van der Waals surface area contributed by atoms with Crippen LogP contribution >= 0.6 is 0 Å². The number of nitrogens with one attached hydrogen (secondary N) is 1. The Bertz CT molecular complexity index is 962. The van der Waals surface area contributed by atoms with Gasteiger partial charge in [0.25, 0.3) is 0 Å². The molecule has 0 spiro atoms. The zero-order valence-corrected chi connectivity index (χ0v) is 18.0. The van der Waals surface area contributed by atoms with Gasteiger partial charge in [0, 0.05) is 16.8 Å². The molecule has 0 saturated carbocycles. The number of hydrogen-bond donors (Lipinski definition) is 1. The van der Waals surface area contributed by atoms with Crippen molar-refractivity contribution in [2.75, 3.05) is 19.0 Å². The van der Waals surface area contributed by atoms with Crippen molar-refractivity contribution in [2.24, 2.45) is 4.99 Å². The molecule has 0 saturated heterocycles. The Balaban J connectivity index is 1.75. The molecule has 1 aliphatic heterocycles. The van der Waals surface area contributed by atoms with Crippen LogP contribution in [0.3, 0.4) is 0 Å². The second kappa shape index (κ2) is 9.11. The molecule has 6 nitrogen and oxygen atoms in total. The number of ketones is 1. The molecule has 0 aliphatic carbocycles. The molecule has 1 heterocycles. The summed E-state index contributed by atoms with van der Waals surface area (Å²) in [5.41, 5.74) is 3.80. The van der Waals surface area contributed by atoms with E-state index in [-0.39, 0.29) is 17.7 Å². The molecule has 0 unspecified atom stereocenters. The molecular formula is C24H28N2O4. The molecule has 2 aromatic carbocycles. The highest BCUT2D eigenvalue weighted by atomic mass is 16.5. The van der Waals surface area contributed by atoms with Crippen LogP contribution in [0.15, 0.2) is 47.5 Å². The number of rotatable bonds is 7. The molecule has 0 radical (unpaired) electrons. The van der Waals surface area contributed by atoms with Crippen LogP contribution in [0.1, 0.15) is 55.1 Å². The van der Waals surface area contributed by atoms with E-state index < -0.39 is 6.09 Å². The molecule has 1 N–H and O–H groups in total. The summed E-state index contributed by atoms with van der Waals surface area (Å²) in [5.74, 6) is 0.722. The maximum absolute atomic E-state index is 12.9. The first-order valence-corrected chi connectivity index (χ1v) is 10.1. The quantitative estimate of drug-likeness (QED) is 0.650. The standard InChI is InChI=1S/C24H28N2O4/c1-5-12-30-23(28)25-18-9-6-16(7-10-18)22(27)14-21-20-13-19(29-4)11-8-17(20)15-24(2,3)26-21/h6-11,13H,5,12,14-15H2,1-4H3,(H,25,28). The monoisotopic (exact) mass is 408 g/mol. The lowest BCUT2D eigenvalue weighted by Crippen LogP contribution is -2.30. The van der Waals surface area contributed by atoms with Crippen LogP contribution in [0.25, 0.3) is 0 Å². The number of anilines is 1. The third kappa shape index (κ3) is 5.26. The van der Waals surface area contributed by atoms with E-state index >= 15 is 0 Å². The zero-order chi connectivity index (χ0) is 21.7. The van der Waals surface area contributed by atoms with Gasteiger partial charge in [-0.1, -0.05) is 13.0 Å². The summed E-state index contributed by atoms with van der Waals surface area (Å²) in [6.45, 7) is 6.44. The first-order valence-electron chi connectivity index (χ1n) is 10.1. The summed E-state index contributed by atoms with van der Waals surface area (Å²) < 4.78 is 10.4. The van der Waals surface area contributed by atoms with E-state index in [9.17, 15) is 9.59 Å². The number of carbonyl (C=O) groups is 2. The van der Waals surface area contributed by atoms with E-state index in [0.29, 0.717) is 17.9 Å². The second-order valence-electron chi connectivity index (χ2n) is 8.01. The van der Waals surface area contributed by atoms with E-state index in [0.717, 1.165) is 29.9 Å². The Hall–Kier alpha value is -3.15. The molecule has 30 heavy (non-hydrogen) atoms. The molecule has 0 fully saturated rings. The molecule has 0 atom stereocenters. The van der Waals surface area contributed by atoms with Crippen molar-refractivity contribution < 1.29 is 19.1 Å². The van der Waals surface area contributed by atoms with E-state index in [1.165, 1.54) is 5.56 Å². The number of aliphatic imine (C=N–C) groups is 1. The van der Waals surface area contributed by atoms with E-state index in [2.05, 4.69) is 19.2 Å². The smallest absolute Gasteiger partial charge is 0.411 e. The number of Topliss-reactive ketones (excluding diaryl/α,β-unsaturated/α-hetero) is 1. The van der Waals surface area contributed by atoms with Crippen molar-refractivity contribution in [1.82, 2.24) is 0 Å². The fraction of sp³-hybridized carbons (Fsp3) is 0.375.